The number of hydrogen-bond acceptors (Lipinski definition) is 6. The lowest BCUT2D eigenvalue weighted by molar-refractivity contribution is -0.142. The van der Waals surface area contributed by atoms with Crippen molar-refractivity contribution in [1.29, 1.82) is 0 Å². The molecule has 0 aliphatic rings. The first-order valence-corrected chi connectivity index (χ1v) is 11.1. The first-order chi connectivity index (χ1) is 16.3. The highest BCUT2D eigenvalue weighted by Crippen LogP contribution is 2.36. The molecule has 1 amide bonds. The van der Waals surface area contributed by atoms with Crippen LogP contribution >= 0.6 is 11.8 Å². The highest BCUT2D eigenvalue weighted by atomic mass is 32.2. The van der Waals surface area contributed by atoms with Gasteiger partial charge in [-0.1, -0.05) is 12.1 Å². The lowest BCUT2D eigenvalue weighted by Crippen LogP contribution is -2.16. The minimum atomic E-state index is -4.74. The topological polar surface area (TPSA) is 77.8 Å². The maximum atomic E-state index is 13.9. The van der Waals surface area contributed by atoms with Crippen LogP contribution in [0.4, 0.5) is 18.9 Å². The number of fused-ring (bicyclic) bond motifs is 1. The zero-order valence-corrected chi connectivity index (χ0v) is 19.1. The number of amides is 1. The molecule has 0 atom stereocenters. The predicted octanol–water partition coefficient (Wildman–Crippen LogP) is 5.41. The van der Waals surface area contributed by atoms with E-state index < -0.39 is 17.8 Å². The van der Waals surface area contributed by atoms with Gasteiger partial charge in [0.05, 0.1) is 31.8 Å². The molecule has 0 bridgehead atoms. The van der Waals surface area contributed by atoms with E-state index in [1.807, 2.05) is 18.4 Å². The van der Waals surface area contributed by atoms with Crippen LogP contribution in [0.25, 0.3) is 16.9 Å². The number of nitrogens with one attached hydrogen (secondary N) is 1. The van der Waals surface area contributed by atoms with Crippen molar-refractivity contribution in [2.75, 3.05) is 25.8 Å². The van der Waals surface area contributed by atoms with Crippen LogP contribution in [0.1, 0.15) is 16.1 Å². The summed E-state index contributed by atoms with van der Waals surface area (Å²) in [5.41, 5.74) is -0.495. The van der Waals surface area contributed by atoms with Gasteiger partial charge in [-0.15, -0.1) is 11.8 Å². The highest BCUT2D eigenvalue weighted by molar-refractivity contribution is 7.98. The molecular weight excluding hydrogens is 469 g/mol. The van der Waals surface area contributed by atoms with Crippen molar-refractivity contribution in [3.05, 3.63) is 66.0 Å². The molecule has 7 nitrogen and oxygen atoms in total. The summed E-state index contributed by atoms with van der Waals surface area (Å²) >= 11 is 1.43. The second kappa shape index (κ2) is 9.26. The Labute approximate surface area is 196 Å². The average molecular weight is 488 g/mol. The maximum Gasteiger partial charge on any atom is 0.433 e. The first kappa shape index (κ1) is 23.4. The minimum Gasteiger partial charge on any atom is -0.493 e. The molecule has 11 heteroatoms. The van der Waals surface area contributed by atoms with Crippen LogP contribution < -0.4 is 14.8 Å². The Morgan fingerprint density at radius 3 is 2.47 bits per heavy atom. The normalized spacial score (nSPS) is 11.5. The van der Waals surface area contributed by atoms with Crippen LogP contribution in [-0.4, -0.2) is 41.0 Å². The third-order valence-electron chi connectivity index (χ3n) is 5.04. The number of thioether (sulfide) groups is 1. The number of benzene rings is 2. The standard InChI is InChI=1S/C23H19F3N4O3S/c1-32-17-9-8-13(10-18(17)33-2)16-11-20(23(24,25)26)30-21(28-16)14(12-27-30)22(31)29-15-6-4-5-7-19(15)34-3/h4-12H,1-3H3,(H,29,31). The van der Waals surface area contributed by atoms with E-state index in [-0.39, 0.29) is 16.9 Å². The van der Waals surface area contributed by atoms with Crippen LogP contribution in [0.3, 0.4) is 0 Å². The van der Waals surface area contributed by atoms with E-state index in [9.17, 15) is 18.0 Å². The summed E-state index contributed by atoms with van der Waals surface area (Å²) in [5, 5.41) is 6.55. The van der Waals surface area contributed by atoms with Gasteiger partial charge in [0.25, 0.3) is 5.91 Å². The molecular formula is C23H19F3N4O3S. The Bertz CT molecular complexity index is 1370. The van der Waals surface area contributed by atoms with Crippen molar-refractivity contribution in [2.24, 2.45) is 0 Å². The molecule has 0 spiro atoms. The van der Waals surface area contributed by atoms with Gasteiger partial charge in [-0.25, -0.2) is 9.50 Å². The molecule has 4 aromatic rings. The maximum absolute atomic E-state index is 13.9. The summed E-state index contributed by atoms with van der Waals surface area (Å²) in [6.45, 7) is 0. The zero-order valence-electron chi connectivity index (χ0n) is 18.3. The van der Waals surface area contributed by atoms with Crippen LogP contribution in [-0.2, 0) is 6.18 Å². The number of methoxy groups -OCH3 is 2. The molecule has 176 valence electrons. The number of anilines is 1. The zero-order chi connectivity index (χ0) is 24.5. The van der Waals surface area contributed by atoms with Crippen molar-refractivity contribution in [2.45, 2.75) is 11.1 Å². The van der Waals surface area contributed by atoms with E-state index in [4.69, 9.17) is 9.47 Å². The van der Waals surface area contributed by atoms with Crippen molar-refractivity contribution in [3.8, 4) is 22.8 Å². The number of carbonyl (C=O) groups is 1. The molecule has 2 aromatic carbocycles. The largest absolute Gasteiger partial charge is 0.493 e. The number of para-hydroxylation sites is 1. The molecule has 2 heterocycles. The van der Waals surface area contributed by atoms with E-state index in [2.05, 4.69) is 15.4 Å². The lowest BCUT2D eigenvalue weighted by Gasteiger charge is -2.13. The van der Waals surface area contributed by atoms with Gasteiger partial charge in [0.2, 0.25) is 0 Å². The lowest BCUT2D eigenvalue weighted by atomic mass is 10.1. The van der Waals surface area contributed by atoms with Gasteiger partial charge in [0.15, 0.2) is 22.8 Å². The summed E-state index contributed by atoms with van der Waals surface area (Å²) in [6, 6.07) is 12.6. The molecule has 1 N–H and O–H groups in total. The summed E-state index contributed by atoms with van der Waals surface area (Å²) in [4.78, 5) is 18.2. The minimum absolute atomic E-state index is 0.000146. The number of halogens is 3. The van der Waals surface area contributed by atoms with Crippen molar-refractivity contribution in [1.82, 2.24) is 14.6 Å². The Morgan fingerprint density at radius 1 is 1.06 bits per heavy atom. The first-order valence-electron chi connectivity index (χ1n) is 9.89. The molecule has 0 fully saturated rings. The van der Waals surface area contributed by atoms with Crippen LogP contribution in [0.5, 0.6) is 11.5 Å². The predicted molar refractivity (Wildman–Crippen MR) is 123 cm³/mol. The molecule has 0 aliphatic carbocycles. The SMILES string of the molecule is COc1ccc(-c2cc(C(F)(F)F)n3ncc(C(=O)Nc4ccccc4SC)c3n2)cc1OC. The summed E-state index contributed by atoms with van der Waals surface area (Å²) < 4.78 is 52.8. The number of rotatable bonds is 6. The Hall–Kier alpha value is -3.73. The average Bonchev–Trinajstić information content (AvgIpc) is 3.26. The number of hydrogen-bond donors (Lipinski definition) is 1. The van der Waals surface area contributed by atoms with Crippen molar-refractivity contribution in [3.63, 3.8) is 0 Å². The second-order valence-electron chi connectivity index (χ2n) is 7.04. The monoisotopic (exact) mass is 488 g/mol. The molecule has 0 saturated heterocycles. The number of carbonyl (C=O) groups excluding carboxylic acids is 1. The fourth-order valence-corrected chi connectivity index (χ4v) is 3.96. The summed E-state index contributed by atoms with van der Waals surface area (Å²) in [7, 11) is 2.88. The fraction of sp³-hybridized carbons (Fsp3) is 0.174. The molecule has 0 aliphatic heterocycles. The van der Waals surface area contributed by atoms with Gasteiger partial charge in [0.1, 0.15) is 5.56 Å². The number of nitrogens with zero attached hydrogens (tertiary/aromatic N) is 3. The molecule has 0 radical (unpaired) electrons. The number of aromatic nitrogens is 3. The Kier molecular flexibility index (Phi) is 6.38. The van der Waals surface area contributed by atoms with Gasteiger partial charge < -0.3 is 14.8 Å². The molecule has 4 rings (SSSR count). The summed E-state index contributed by atoms with van der Waals surface area (Å²) in [6.07, 6.45) is -1.81. The van der Waals surface area contributed by atoms with Gasteiger partial charge in [-0.05, 0) is 42.7 Å². The smallest absolute Gasteiger partial charge is 0.433 e. The van der Waals surface area contributed by atoms with Crippen LogP contribution in [0.15, 0.2) is 59.6 Å². The van der Waals surface area contributed by atoms with Crippen molar-refractivity contribution < 1.29 is 27.4 Å². The quantitative estimate of drug-likeness (QED) is 0.366. The van der Waals surface area contributed by atoms with E-state index in [1.165, 1.54) is 32.0 Å². The Balaban J connectivity index is 1.85. The second-order valence-corrected chi connectivity index (χ2v) is 7.89. The highest BCUT2D eigenvalue weighted by Gasteiger charge is 2.36. The van der Waals surface area contributed by atoms with E-state index >= 15 is 0 Å². The van der Waals surface area contributed by atoms with Crippen LogP contribution in [0, 0.1) is 0 Å². The number of ether oxygens (including phenoxy) is 2. The molecule has 0 saturated carbocycles. The van der Waals surface area contributed by atoms with Gasteiger partial charge in [-0.2, -0.15) is 18.3 Å². The fourth-order valence-electron chi connectivity index (χ4n) is 3.41. The third kappa shape index (κ3) is 4.38. The third-order valence-corrected chi connectivity index (χ3v) is 5.84. The molecule has 34 heavy (non-hydrogen) atoms. The van der Waals surface area contributed by atoms with Gasteiger partial charge in [-0.3, -0.25) is 4.79 Å². The Morgan fingerprint density at radius 2 is 1.79 bits per heavy atom. The molecule has 2 aromatic heterocycles. The van der Waals surface area contributed by atoms with E-state index in [0.717, 1.165) is 17.2 Å². The van der Waals surface area contributed by atoms with Crippen molar-refractivity contribution >= 4 is 29.0 Å². The summed E-state index contributed by atoms with van der Waals surface area (Å²) in [5.74, 6) is 0.122. The molecule has 0 unspecified atom stereocenters. The van der Waals surface area contributed by atoms with E-state index in [1.54, 1.807) is 24.3 Å². The number of alkyl halides is 3. The van der Waals surface area contributed by atoms with Gasteiger partial charge in [0, 0.05) is 10.5 Å². The van der Waals surface area contributed by atoms with E-state index in [0.29, 0.717) is 27.3 Å². The van der Waals surface area contributed by atoms with Gasteiger partial charge >= 0.3 is 6.18 Å². The van der Waals surface area contributed by atoms with Crippen LogP contribution in [0.2, 0.25) is 0 Å².